The highest BCUT2D eigenvalue weighted by Gasteiger charge is 2.24. The predicted octanol–water partition coefficient (Wildman–Crippen LogP) is 4.56. The van der Waals surface area contributed by atoms with E-state index in [1.165, 1.54) is 12.1 Å². The van der Waals surface area contributed by atoms with Crippen molar-refractivity contribution in [3.63, 3.8) is 0 Å². The highest BCUT2D eigenvalue weighted by Crippen LogP contribution is 2.31. The van der Waals surface area contributed by atoms with Gasteiger partial charge in [0.25, 0.3) is 5.91 Å². The summed E-state index contributed by atoms with van der Waals surface area (Å²) in [5, 5.41) is 2.74. The number of nitrogens with zero attached hydrogens (tertiary/aromatic N) is 1. The van der Waals surface area contributed by atoms with Gasteiger partial charge in [0.1, 0.15) is 5.82 Å². The van der Waals surface area contributed by atoms with Gasteiger partial charge in [-0.3, -0.25) is 9.59 Å². The minimum Gasteiger partial charge on any atom is -0.322 e. The van der Waals surface area contributed by atoms with Crippen LogP contribution in [0.3, 0.4) is 0 Å². The van der Waals surface area contributed by atoms with Crippen LogP contribution in [0.15, 0.2) is 72.8 Å². The quantitative estimate of drug-likeness (QED) is 0.728. The summed E-state index contributed by atoms with van der Waals surface area (Å²) in [6.45, 7) is 0.508. The first-order valence-electron chi connectivity index (χ1n) is 9.15. The van der Waals surface area contributed by atoms with Gasteiger partial charge in [-0.15, -0.1) is 0 Å². The number of halogens is 1. The van der Waals surface area contributed by atoms with Crippen LogP contribution < -0.4 is 10.2 Å². The van der Waals surface area contributed by atoms with Crippen molar-refractivity contribution in [1.29, 1.82) is 0 Å². The molecule has 0 fully saturated rings. The molecule has 0 saturated heterocycles. The molecule has 1 heterocycles. The number of hydrogen-bond acceptors (Lipinski definition) is 2. The Morgan fingerprint density at radius 2 is 1.71 bits per heavy atom. The fourth-order valence-electron chi connectivity index (χ4n) is 3.42. The molecule has 0 atom stereocenters. The lowest BCUT2D eigenvalue weighted by Gasteiger charge is -2.30. The Bertz CT molecular complexity index is 1030. The Hall–Kier alpha value is -3.47. The smallest absolute Gasteiger partial charge is 0.258 e. The van der Waals surface area contributed by atoms with Crippen molar-refractivity contribution in [2.24, 2.45) is 0 Å². The first kappa shape index (κ1) is 17.9. The van der Waals surface area contributed by atoms with E-state index in [1.54, 1.807) is 23.1 Å². The first-order valence-corrected chi connectivity index (χ1v) is 9.15. The first-order chi connectivity index (χ1) is 13.6. The molecule has 3 aromatic rings. The van der Waals surface area contributed by atoms with Crippen molar-refractivity contribution in [3.8, 4) is 0 Å². The Kier molecular flexibility index (Phi) is 4.89. The number of amides is 2. The van der Waals surface area contributed by atoms with Gasteiger partial charge < -0.3 is 10.2 Å². The van der Waals surface area contributed by atoms with E-state index in [0.29, 0.717) is 25.1 Å². The largest absolute Gasteiger partial charge is 0.322 e. The van der Waals surface area contributed by atoms with Gasteiger partial charge in [-0.25, -0.2) is 4.39 Å². The number of anilines is 2. The fourth-order valence-corrected chi connectivity index (χ4v) is 3.42. The Balaban J connectivity index is 1.57. The SMILES string of the molecule is O=C(Nc1ccc2c(c1)CCC(=O)N2Cc1ccccc1)c1ccccc1F. The third kappa shape index (κ3) is 3.64. The molecule has 4 rings (SSSR count). The Morgan fingerprint density at radius 1 is 0.964 bits per heavy atom. The van der Waals surface area contributed by atoms with E-state index in [-0.39, 0.29) is 11.5 Å². The molecular weight excluding hydrogens is 355 g/mol. The molecule has 3 aromatic carbocycles. The molecule has 0 aliphatic carbocycles. The maximum Gasteiger partial charge on any atom is 0.258 e. The molecule has 0 saturated carbocycles. The van der Waals surface area contributed by atoms with Gasteiger partial charge in [0, 0.05) is 17.8 Å². The molecule has 2 amide bonds. The molecule has 0 aromatic heterocycles. The number of benzene rings is 3. The predicted molar refractivity (Wildman–Crippen MR) is 107 cm³/mol. The van der Waals surface area contributed by atoms with E-state index in [1.807, 2.05) is 42.5 Å². The Morgan fingerprint density at radius 3 is 2.50 bits per heavy atom. The summed E-state index contributed by atoms with van der Waals surface area (Å²) < 4.78 is 13.8. The molecule has 0 bridgehead atoms. The van der Waals surface area contributed by atoms with Crippen molar-refractivity contribution < 1.29 is 14.0 Å². The highest BCUT2D eigenvalue weighted by molar-refractivity contribution is 6.05. The van der Waals surface area contributed by atoms with Gasteiger partial charge in [-0.2, -0.15) is 0 Å². The topological polar surface area (TPSA) is 49.4 Å². The van der Waals surface area contributed by atoms with E-state index in [9.17, 15) is 14.0 Å². The second-order valence-electron chi connectivity index (χ2n) is 6.74. The number of aryl methyl sites for hydroxylation is 1. The minimum absolute atomic E-state index is 0.00102. The molecular formula is C23H19FN2O2. The summed E-state index contributed by atoms with van der Waals surface area (Å²) in [6.07, 6.45) is 1.04. The molecule has 1 aliphatic heterocycles. The lowest BCUT2D eigenvalue weighted by Crippen LogP contribution is -2.34. The zero-order valence-electron chi connectivity index (χ0n) is 15.2. The molecule has 4 nitrogen and oxygen atoms in total. The van der Waals surface area contributed by atoms with Gasteiger partial charge >= 0.3 is 0 Å². The van der Waals surface area contributed by atoms with E-state index in [0.717, 1.165) is 16.8 Å². The number of carbonyl (C=O) groups excluding carboxylic acids is 2. The third-order valence-electron chi connectivity index (χ3n) is 4.84. The number of nitrogens with one attached hydrogen (secondary N) is 1. The van der Waals surface area contributed by atoms with Crippen LogP contribution >= 0.6 is 0 Å². The van der Waals surface area contributed by atoms with Crippen molar-refractivity contribution in [3.05, 3.63) is 95.3 Å². The van der Waals surface area contributed by atoms with Crippen LogP contribution in [0.5, 0.6) is 0 Å². The van der Waals surface area contributed by atoms with Gasteiger partial charge in [0.05, 0.1) is 12.1 Å². The van der Waals surface area contributed by atoms with Gasteiger partial charge in [-0.1, -0.05) is 42.5 Å². The molecule has 1 aliphatic rings. The highest BCUT2D eigenvalue weighted by atomic mass is 19.1. The number of rotatable bonds is 4. The van der Waals surface area contributed by atoms with Crippen LogP contribution in [0.25, 0.3) is 0 Å². The Labute approximate surface area is 162 Å². The molecule has 0 unspecified atom stereocenters. The standard InChI is InChI=1S/C23H19FN2O2/c24-20-9-5-4-8-19(20)23(28)25-18-11-12-21-17(14-18)10-13-22(27)26(21)15-16-6-2-1-3-7-16/h1-9,11-12,14H,10,13,15H2,(H,25,28). The van der Waals surface area contributed by atoms with E-state index >= 15 is 0 Å². The molecule has 5 heteroatoms. The average Bonchev–Trinajstić information content (AvgIpc) is 2.71. The van der Waals surface area contributed by atoms with Crippen molar-refractivity contribution >= 4 is 23.2 Å². The second-order valence-corrected chi connectivity index (χ2v) is 6.74. The van der Waals surface area contributed by atoms with Gasteiger partial charge in [-0.05, 0) is 47.9 Å². The van der Waals surface area contributed by atoms with Crippen LogP contribution in [-0.2, 0) is 17.8 Å². The maximum absolute atomic E-state index is 13.8. The third-order valence-corrected chi connectivity index (χ3v) is 4.84. The molecule has 140 valence electrons. The summed E-state index contributed by atoms with van der Waals surface area (Å²) in [6, 6.07) is 21.1. The molecule has 1 N–H and O–H groups in total. The molecule has 0 spiro atoms. The van der Waals surface area contributed by atoms with Gasteiger partial charge in [0.2, 0.25) is 5.91 Å². The van der Waals surface area contributed by atoms with Crippen LogP contribution in [0.2, 0.25) is 0 Å². The van der Waals surface area contributed by atoms with E-state index < -0.39 is 11.7 Å². The summed E-state index contributed by atoms with van der Waals surface area (Å²) in [5.74, 6) is -0.969. The van der Waals surface area contributed by atoms with E-state index in [2.05, 4.69) is 5.32 Å². The molecule has 28 heavy (non-hydrogen) atoms. The van der Waals surface area contributed by atoms with Crippen LogP contribution in [0.1, 0.15) is 27.9 Å². The average molecular weight is 374 g/mol. The van der Waals surface area contributed by atoms with Crippen molar-refractivity contribution in [1.82, 2.24) is 0 Å². The monoisotopic (exact) mass is 374 g/mol. The normalized spacial score (nSPS) is 13.2. The zero-order chi connectivity index (χ0) is 19.5. The van der Waals surface area contributed by atoms with Crippen LogP contribution in [-0.4, -0.2) is 11.8 Å². The lowest BCUT2D eigenvalue weighted by molar-refractivity contribution is -0.119. The van der Waals surface area contributed by atoms with E-state index in [4.69, 9.17) is 0 Å². The fraction of sp³-hybridized carbons (Fsp3) is 0.130. The number of fused-ring (bicyclic) bond motifs is 1. The van der Waals surface area contributed by atoms with Gasteiger partial charge in [0.15, 0.2) is 0 Å². The summed E-state index contributed by atoms with van der Waals surface area (Å²) in [5.41, 5.74) is 3.48. The number of carbonyl (C=O) groups is 2. The summed E-state index contributed by atoms with van der Waals surface area (Å²) >= 11 is 0. The lowest BCUT2D eigenvalue weighted by atomic mass is 9.99. The summed E-state index contributed by atoms with van der Waals surface area (Å²) in [4.78, 5) is 26.6. The van der Waals surface area contributed by atoms with Crippen LogP contribution in [0.4, 0.5) is 15.8 Å². The van der Waals surface area contributed by atoms with Crippen molar-refractivity contribution in [2.45, 2.75) is 19.4 Å². The zero-order valence-corrected chi connectivity index (χ0v) is 15.2. The second kappa shape index (κ2) is 7.64. The van der Waals surface area contributed by atoms with Crippen molar-refractivity contribution in [2.75, 3.05) is 10.2 Å². The van der Waals surface area contributed by atoms with Crippen LogP contribution in [0, 0.1) is 5.82 Å². The summed E-state index contributed by atoms with van der Waals surface area (Å²) in [7, 11) is 0. The maximum atomic E-state index is 13.8. The molecule has 0 radical (unpaired) electrons. The number of hydrogen-bond donors (Lipinski definition) is 1. The minimum atomic E-state index is -0.558.